The van der Waals surface area contributed by atoms with Crippen LogP contribution in [0.25, 0.3) is 0 Å². The van der Waals surface area contributed by atoms with E-state index in [2.05, 4.69) is 0 Å². The highest BCUT2D eigenvalue weighted by Gasteiger charge is 2.37. The molecule has 5 nitrogen and oxygen atoms in total. The van der Waals surface area contributed by atoms with Crippen molar-refractivity contribution in [3.8, 4) is 11.5 Å². The summed E-state index contributed by atoms with van der Waals surface area (Å²) in [4.78, 5) is 14.2. The first-order valence-electron chi connectivity index (χ1n) is 8.43. The largest absolute Gasteiger partial charge is 0.497 e. The zero-order chi connectivity index (χ0) is 17.7. The van der Waals surface area contributed by atoms with Crippen LogP contribution in [0.15, 0.2) is 54.6 Å². The maximum absolute atomic E-state index is 12.5. The number of hydrogen-bond donors (Lipinski definition) is 1. The molecule has 132 valence electrons. The number of carbonyl (C=O) groups excluding carboxylic acids is 1. The van der Waals surface area contributed by atoms with E-state index in [1.54, 1.807) is 12.0 Å². The van der Waals surface area contributed by atoms with Gasteiger partial charge in [0.05, 0.1) is 13.7 Å². The minimum atomic E-state index is -1.06. The molecule has 0 radical (unpaired) electrons. The number of hydrogen-bond acceptors (Lipinski definition) is 4. The van der Waals surface area contributed by atoms with Crippen LogP contribution in [-0.4, -0.2) is 42.7 Å². The Morgan fingerprint density at radius 1 is 1.16 bits per heavy atom. The van der Waals surface area contributed by atoms with E-state index in [0.717, 1.165) is 12.0 Å². The molecule has 0 bridgehead atoms. The number of carbonyl (C=O) groups is 1. The summed E-state index contributed by atoms with van der Waals surface area (Å²) in [5.74, 6) is 1.24. The summed E-state index contributed by atoms with van der Waals surface area (Å²) < 4.78 is 10.8. The number of amides is 1. The molecule has 1 aliphatic heterocycles. The summed E-state index contributed by atoms with van der Waals surface area (Å²) in [6, 6.07) is 16.6. The van der Waals surface area contributed by atoms with E-state index >= 15 is 0 Å². The molecule has 5 heteroatoms. The van der Waals surface area contributed by atoms with Crippen molar-refractivity contribution >= 4 is 5.91 Å². The van der Waals surface area contributed by atoms with E-state index in [1.807, 2.05) is 54.6 Å². The number of benzene rings is 2. The highest BCUT2D eigenvalue weighted by atomic mass is 16.5. The van der Waals surface area contributed by atoms with Gasteiger partial charge in [-0.3, -0.25) is 4.79 Å². The molecule has 3 rings (SSSR count). The molecule has 1 fully saturated rings. The Kier molecular flexibility index (Phi) is 5.24. The predicted octanol–water partition coefficient (Wildman–Crippen LogP) is 2.58. The maximum Gasteiger partial charge on any atom is 0.260 e. The number of β-amino-alcohol motifs (C(OH)–C–C–N with tert-alkyl or cyclic N) is 1. The zero-order valence-electron chi connectivity index (χ0n) is 14.4. The van der Waals surface area contributed by atoms with Gasteiger partial charge in [-0.05, 0) is 42.7 Å². The average molecular weight is 341 g/mol. The fourth-order valence-corrected chi connectivity index (χ4v) is 3.15. The Morgan fingerprint density at radius 3 is 2.68 bits per heavy atom. The Labute approximate surface area is 147 Å². The number of ether oxygens (including phenoxy) is 2. The Morgan fingerprint density at radius 2 is 1.92 bits per heavy atom. The van der Waals surface area contributed by atoms with Crippen molar-refractivity contribution in [1.29, 1.82) is 0 Å². The quantitative estimate of drug-likeness (QED) is 0.908. The second kappa shape index (κ2) is 7.57. The lowest BCUT2D eigenvalue weighted by atomic mass is 9.85. The van der Waals surface area contributed by atoms with Crippen LogP contribution in [0.2, 0.25) is 0 Å². The summed E-state index contributed by atoms with van der Waals surface area (Å²) in [5, 5.41) is 11.1. The molecule has 1 amide bonds. The lowest BCUT2D eigenvalue weighted by Crippen LogP contribution is -2.49. The highest BCUT2D eigenvalue weighted by molar-refractivity contribution is 5.78. The summed E-state index contributed by atoms with van der Waals surface area (Å²) in [6.45, 7) is 0.860. The van der Waals surface area contributed by atoms with E-state index in [4.69, 9.17) is 9.47 Å². The molecule has 0 saturated carbocycles. The zero-order valence-corrected chi connectivity index (χ0v) is 14.4. The van der Waals surface area contributed by atoms with E-state index in [1.165, 1.54) is 0 Å². The van der Waals surface area contributed by atoms with E-state index < -0.39 is 5.60 Å². The van der Waals surface area contributed by atoms with Crippen molar-refractivity contribution in [1.82, 2.24) is 4.90 Å². The fraction of sp³-hybridized carbons (Fsp3) is 0.350. The van der Waals surface area contributed by atoms with Gasteiger partial charge in [-0.2, -0.15) is 0 Å². The predicted molar refractivity (Wildman–Crippen MR) is 94.6 cm³/mol. The van der Waals surface area contributed by atoms with Crippen LogP contribution in [0.3, 0.4) is 0 Å². The van der Waals surface area contributed by atoms with Crippen molar-refractivity contribution in [2.24, 2.45) is 0 Å². The second-order valence-corrected chi connectivity index (χ2v) is 6.28. The van der Waals surface area contributed by atoms with E-state index in [9.17, 15) is 9.90 Å². The lowest BCUT2D eigenvalue weighted by Gasteiger charge is -2.39. The van der Waals surface area contributed by atoms with Gasteiger partial charge in [0, 0.05) is 6.54 Å². The summed E-state index contributed by atoms with van der Waals surface area (Å²) >= 11 is 0. The number of likely N-dealkylation sites (tertiary alicyclic amines) is 1. The molecule has 1 heterocycles. The van der Waals surface area contributed by atoms with Gasteiger partial charge >= 0.3 is 0 Å². The topological polar surface area (TPSA) is 59.0 Å². The van der Waals surface area contributed by atoms with Crippen molar-refractivity contribution in [2.75, 3.05) is 26.8 Å². The monoisotopic (exact) mass is 341 g/mol. The molecule has 1 unspecified atom stereocenters. The van der Waals surface area contributed by atoms with Gasteiger partial charge in [-0.25, -0.2) is 0 Å². The molecule has 1 atom stereocenters. The minimum absolute atomic E-state index is 0.0296. The normalized spacial score (nSPS) is 20.2. The minimum Gasteiger partial charge on any atom is -0.497 e. The summed E-state index contributed by atoms with van der Waals surface area (Å²) in [7, 11) is 1.60. The molecular formula is C20H23NO4. The second-order valence-electron chi connectivity index (χ2n) is 6.28. The van der Waals surface area contributed by atoms with Crippen LogP contribution < -0.4 is 9.47 Å². The van der Waals surface area contributed by atoms with Crippen LogP contribution in [0, 0.1) is 0 Å². The van der Waals surface area contributed by atoms with Crippen LogP contribution in [0.1, 0.15) is 18.4 Å². The van der Waals surface area contributed by atoms with E-state index in [0.29, 0.717) is 24.5 Å². The SMILES string of the molecule is COc1cccc(C2(O)CCCN(C(=O)COc3ccccc3)C2)c1. The first-order chi connectivity index (χ1) is 12.1. The van der Waals surface area contributed by atoms with Crippen LogP contribution >= 0.6 is 0 Å². The summed E-state index contributed by atoms with van der Waals surface area (Å²) in [5.41, 5.74) is -0.289. The molecule has 1 aliphatic rings. The fourth-order valence-electron chi connectivity index (χ4n) is 3.15. The number of aliphatic hydroxyl groups is 1. The van der Waals surface area contributed by atoms with E-state index in [-0.39, 0.29) is 19.1 Å². The van der Waals surface area contributed by atoms with Crippen molar-refractivity contribution in [2.45, 2.75) is 18.4 Å². The first kappa shape index (κ1) is 17.3. The standard InChI is InChI=1S/C20H23NO4/c1-24-18-10-5-7-16(13-18)20(23)11-6-12-21(15-20)19(22)14-25-17-8-3-2-4-9-17/h2-5,7-10,13,23H,6,11-12,14-15H2,1H3. The molecule has 2 aromatic carbocycles. The number of nitrogens with zero attached hydrogens (tertiary/aromatic N) is 1. The van der Waals surface area contributed by atoms with Crippen LogP contribution in [-0.2, 0) is 10.4 Å². The Bertz CT molecular complexity index is 719. The lowest BCUT2D eigenvalue weighted by molar-refractivity contribution is -0.141. The molecule has 1 N–H and O–H groups in total. The van der Waals surface area contributed by atoms with Gasteiger partial charge in [0.25, 0.3) is 5.91 Å². The van der Waals surface area contributed by atoms with Gasteiger partial charge in [0.15, 0.2) is 6.61 Å². The molecule has 1 saturated heterocycles. The van der Waals surface area contributed by atoms with Crippen LogP contribution in [0.4, 0.5) is 0 Å². The third-order valence-electron chi connectivity index (χ3n) is 4.54. The first-order valence-corrected chi connectivity index (χ1v) is 8.43. The molecule has 25 heavy (non-hydrogen) atoms. The van der Waals surface area contributed by atoms with Crippen molar-refractivity contribution in [3.05, 3.63) is 60.2 Å². The third-order valence-corrected chi connectivity index (χ3v) is 4.54. The number of para-hydroxylation sites is 1. The van der Waals surface area contributed by atoms with Gasteiger partial charge in [0.1, 0.15) is 17.1 Å². The molecule has 0 aliphatic carbocycles. The molecule has 0 aromatic heterocycles. The molecule has 2 aromatic rings. The van der Waals surface area contributed by atoms with Gasteiger partial charge in [-0.1, -0.05) is 30.3 Å². The Hall–Kier alpha value is -2.53. The Balaban J connectivity index is 1.66. The summed E-state index contributed by atoms with van der Waals surface area (Å²) in [6.07, 6.45) is 1.36. The molecular weight excluding hydrogens is 318 g/mol. The number of methoxy groups -OCH3 is 1. The smallest absolute Gasteiger partial charge is 0.260 e. The van der Waals surface area contributed by atoms with Gasteiger partial charge in [0.2, 0.25) is 0 Å². The van der Waals surface area contributed by atoms with Crippen LogP contribution in [0.5, 0.6) is 11.5 Å². The number of piperidine rings is 1. The average Bonchev–Trinajstić information content (AvgIpc) is 2.67. The van der Waals surface area contributed by atoms with Crippen molar-refractivity contribution in [3.63, 3.8) is 0 Å². The highest BCUT2D eigenvalue weighted by Crippen LogP contribution is 2.33. The third kappa shape index (κ3) is 4.12. The van der Waals surface area contributed by atoms with Crippen molar-refractivity contribution < 1.29 is 19.4 Å². The molecule has 0 spiro atoms. The van der Waals surface area contributed by atoms with Gasteiger partial charge in [-0.15, -0.1) is 0 Å². The van der Waals surface area contributed by atoms with Gasteiger partial charge < -0.3 is 19.5 Å². The number of rotatable bonds is 5. The maximum atomic E-state index is 12.5.